The number of halogens is 1. The topological polar surface area (TPSA) is 12.0 Å². The molecule has 0 aromatic carbocycles. The Bertz CT molecular complexity index is 273. The number of hydrogen-bond donors (Lipinski definition) is 1. The summed E-state index contributed by atoms with van der Waals surface area (Å²) >= 11 is 7.30. The molecule has 0 aliphatic heterocycles. The molecule has 0 atom stereocenters. The summed E-state index contributed by atoms with van der Waals surface area (Å²) in [5.41, 5.74) is 0. The highest BCUT2D eigenvalue weighted by Crippen LogP contribution is 2.19. The van der Waals surface area contributed by atoms with Crippen molar-refractivity contribution in [2.75, 3.05) is 18.1 Å². The van der Waals surface area contributed by atoms with Crippen LogP contribution in [0.1, 0.15) is 18.7 Å². The largest absolute Gasteiger partial charge is 0.311 e. The summed E-state index contributed by atoms with van der Waals surface area (Å²) in [7, 11) is 0. The van der Waals surface area contributed by atoms with Gasteiger partial charge in [0.05, 0.1) is 0 Å². The molecule has 15 heavy (non-hydrogen) atoms. The Morgan fingerprint density at radius 2 is 2.33 bits per heavy atom. The van der Waals surface area contributed by atoms with Crippen LogP contribution in [0.15, 0.2) is 15.9 Å². The van der Waals surface area contributed by atoms with Crippen molar-refractivity contribution in [3.63, 3.8) is 0 Å². The van der Waals surface area contributed by atoms with Crippen LogP contribution in [0.5, 0.6) is 0 Å². The van der Waals surface area contributed by atoms with E-state index in [1.807, 2.05) is 11.8 Å². The second kappa shape index (κ2) is 7.71. The molecule has 0 radical (unpaired) electrons. The van der Waals surface area contributed by atoms with Crippen molar-refractivity contribution < 1.29 is 0 Å². The predicted molar refractivity (Wildman–Crippen MR) is 75.9 cm³/mol. The summed E-state index contributed by atoms with van der Waals surface area (Å²) in [6.45, 7) is 6.64. The van der Waals surface area contributed by atoms with Crippen LogP contribution in [-0.4, -0.2) is 18.1 Å². The maximum absolute atomic E-state index is 3.46. The summed E-state index contributed by atoms with van der Waals surface area (Å²) in [6, 6.07) is 2.18. The molecule has 1 nitrogen and oxygen atoms in total. The summed E-state index contributed by atoms with van der Waals surface area (Å²) in [5, 5.41) is 5.59. The van der Waals surface area contributed by atoms with Gasteiger partial charge in [-0.1, -0.05) is 13.8 Å². The molecule has 86 valence electrons. The van der Waals surface area contributed by atoms with Crippen LogP contribution >= 0.6 is 39.0 Å². The first-order chi connectivity index (χ1) is 7.18. The molecule has 0 unspecified atom stereocenters. The SMILES string of the molecule is CC(C)CSCCNCc1cc(Br)cs1. The Balaban J connectivity index is 1.98. The van der Waals surface area contributed by atoms with E-state index < -0.39 is 0 Å². The lowest BCUT2D eigenvalue weighted by Gasteiger charge is -2.05. The molecule has 0 aliphatic carbocycles. The fourth-order valence-corrected chi connectivity index (χ4v) is 3.47. The molecule has 0 aliphatic rings. The van der Waals surface area contributed by atoms with Crippen molar-refractivity contribution in [1.29, 1.82) is 0 Å². The Morgan fingerprint density at radius 1 is 1.53 bits per heavy atom. The minimum Gasteiger partial charge on any atom is -0.311 e. The van der Waals surface area contributed by atoms with Crippen molar-refractivity contribution >= 4 is 39.0 Å². The quantitative estimate of drug-likeness (QED) is 0.764. The van der Waals surface area contributed by atoms with Gasteiger partial charge in [0.15, 0.2) is 0 Å². The van der Waals surface area contributed by atoms with Gasteiger partial charge in [0, 0.05) is 33.6 Å². The molecule has 0 spiro atoms. The van der Waals surface area contributed by atoms with Gasteiger partial charge in [-0.05, 0) is 33.7 Å². The molecule has 1 heterocycles. The van der Waals surface area contributed by atoms with E-state index >= 15 is 0 Å². The van der Waals surface area contributed by atoms with Crippen molar-refractivity contribution in [1.82, 2.24) is 5.32 Å². The smallest absolute Gasteiger partial charge is 0.0300 e. The molecule has 0 amide bonds. The Labute approximate surface area is 109 Å². The molecular formula is C11H18BrNS2. The first-order valence-electron chi connectivity index (χ1n) is 5.20. The minimum absolute atomic E-state index is 0.809. The van der Waals surface area contributed by atoms with Crippen LogP contribution in [0.25, 0.3) is 0 Å². The zero-order valence-corrected chi connectivity index (χ0v) is 12.5. The lowest BCUT2D eigenvalue weighted by molar-refractivity contribution is 0.732. The highest BCUT2D eigenvalue weighted by atomic mass is 79.9. The highest BCUT2D eigenvalue weighted by molar-refractivity contribution is 9.10. The number of rotatable bonds is 7. The zero-order chi connectivity index (χ0) is 11.1. The third-order valence-corrected chi connectivity index (χ3v) is 4.89. The molecule has 0 fully saturated rings. The molecule has 0 bridgehead atoms. The number of thiophene rings is 1. The van der Waals surface area contributed by atoms with E-state index in [0.29, 0.717) is 0 Å². The van der Waals surface area contributed by atoms with Gasteiger partial charge in [-0.25, -0.2) is 0 Å². The maximum Gasteiger partial charge on any atom is 0.0300 e. The van der Waals surface area contributed by atoms with Gasteiger partial charge < -0.3 is 5.32 Å². The molecular weight excluding hydrogens is 290 g/mol. The third-order valence-electron chi connectivity index (χ3n) is 1.80. The predicted octanol–water partition coefficient (Wildman–Crippen LogP) is 3.99. The van der Waals surface area contributed by atoms with Gasteiger partial charge in [-0.3, -0.25) is 0 Å². The van der Waals surface area contributed by atoms with Gasteiger partial charge in [0.2, 0.25) is 0 Å². The van der Waals surface area contributed by atoms with Crippen molar-refractivity contribution in [3.8, 4) is 0 Å². The summed E-state index contributed by atoms with van der Waals surface area (Å²) < 4.78 is 1.19. The molecule has 1 rings (SSSR count). The molecule has 4 heteroatoms. The van der Waals surface area contributed by atoms with Gasteiger partial charge >= 0.3 is 0 Å². The van der Waals surface area contributed by atoms with Crippen LogP contribution in [0.2, 0.25) is 0 Å². The second-order valence-corrected chi connectivity index (χ2v) is 6.94. The van der Waals surface area contributed by atoms with E-state index in [4.69, 9.17) is 0 Å². The third kappa shape index (κ3) is 6.61. The first-order valence-corrected chi connectivity index (χ1v) is 8.02. The second-order valence-electron chi connectivity index (χ2n) is 3.88. The van der Waals surface area contributed by atoms with E-state index in [-0.39, 0.29) is 0 Å². The Morgan fingerprint density at radius 3 is 2.93 bits per heavy atom. The summed E-state index contributed by atoms with van der Waals surface area (Å²) in [4.78, 5) is 1.40. The monoisotopic (exact) mass is 307 g/mol. The molecule has 1 aromatic heterocycles. The molecule has 0 saturated carbocycles. The van der Waals surface area contributed by atoms with Crippen LogP contribution in [0, 0.1) is 5.92 Å². The van der Waals surface area contributed by atoms with Crippen molar-refractivity contribution in [3.05, 3.63) is 20.8 Å². The average Bonchev–Trinajstić information content (AvgIpc) is 2.57. The first kappa shape index (κ1) is 13.6. The number of hydrogen-bond acceptors (Lipinski definition) is 3. The van der Waals surface area contributed by atoms with Gasteiger partial charge in [-0.2, -0.15) is 11.8 Å². The lowest BCUT2D eigenvalue weighted by atomic mass is 10.3. The minimum atomic E-state index is 0.809. The van der Waals surface area contributed by atoms with E-state index in [9.17, 15) is 0 Å². The van der Waals surface area contributed by atoms with Crippen LogP contribution in [-0.2, 0) is 6.54 Å². The molecule has 1 aromatic rings. The maximum atomic E-state index is 3.46. The molecule has 1 N–H and O–H groups in total. The van der Waals surface area contributed by atoms with Gasteiger partial charge in [-0.15, -0.1) is 11.3 Å². The van der Waals surface area contributed by atoms with Crippen LogP contribution < -0.4 is 5.32 Å². The van der Waals surface area contributed by atoms with Crippen molar-refractivity contribution in [2.45, 2.75) is 20.4 Å². The average molecular weight is 308 g/mol. The van der Waals surface area contributed by atoms with E-state index in [1.54, 1.807) is 11.3 Å². The fourth-order valence-electron chi connectivity index (χ4n) is 1.12. The Hall–Kier alpha value is 0.490. The number of thioether (sulfide) groups is 1. The standard InChI is InChI=1S/C11H18BrNS2/c1-9(2)7-14-4-3-13-6-11-5-10(12)8-15-11/h5,8-9,13H,3-4,6-7H2,1-2H3. The van der Waals surface area contributed by atoms with Crippen molar-refractivity contribution in [2.24, 2.45) is 5.92 Å². The van der Waals surface area contributed by atoms with Crippen LogP contribution in [0.4, 0.5) is 0 Å². The van der Waals surface area contributed by atoms with E-state index in [2.05, 4.69) is 46.5 Å². The van der Waals surface area contributed by atoms with Gasteiger partial charge in [0.1, 0.15) is 0 Å². The normalized spacial score (nSPS) is 11.2. The van der Waals surface area contributed by atoms with E-state index in [0.717, 1.165) is 19.0 Å². The highest BCUT2D eigenvalue weighted by Gasteiger charge is 1.97. The fraction of sp³-hybridized carbons (Fsp3) is 0.636. The summed E-state index contributed by atoms with van der Waals surface area (Å²) in [5.74, 6) is 3.29. The lowest BCUT2D eigenvalue weighted by Crippen LogP contribution is -2.16. The Kier molecular flexibility index (Phi) is 6.97. The zero-order valence-electron chi connectivity index (χ0n) is 9.25. The summed E-state index contributed by atoms with van der Waals surface area (Å²) in [6.07, 6.45) is 0. The number of nitrogens with one attached hydrogen (secondary N) is 1. The van der Waals surface area contributed by atoms with E-state index in [1.165, 1.54) is 20.9 Å². The van der Waals surface area contributed by atoms with Crippen LogP contribution in [0.3, 0.4) is 0 Å². The van der Waals surface area contributed by atoms with Gasteiger partial charge in [0.25, 0.3) is 0 Å². The molecule has 0 saturated heterocycles.